The number of aryl methyl sites for hydroxylation is 2. The van der Waals surface area contributed by atoms with Crippen molar-refractivity contribution in [1.82, 2.24) is 15.2 Å². The molecular weight excluding hydrogens is 492 g/mol. The van der Waals surface area contributed by atoms with Crippen LogP contribution in [0, 0.1) is 13.8 Å². The van der Waals surface area contributed by atoms with Gasteiger partial charge in [0, 0.05) is 29.8 Å². The number of aliphatic hydroxyl groups is 1. The number of likely N-dealkylation sites (tertiary alicyclic amines) is 1. The normalized spacial score (nSPS) is 15.0. The van der Waals surface area contributed by atoms with E-state index in [1.807, 2.05) is 49.4 Å². The van der Waals surface area contributed by atoms with Gasteiger partial charge in [-0.1, -0.05) is 35.9 Å². The molecule has 200 valence electrons. The Morgan fingerprint density at radius 1 is 1.19 bits per heavy atom. The average molecular weight is 529 g/mol. The highest BCUT2D eigenvalue weighted by Gasteiger charge is 2.20. The van der Waals surface area contributed by atoms with Crippen molar-refractivity contribution < 1.29 is 19.7 Å². The van der Waals surface area contributed by atoms with E-state index in [0.717, 1.165) is 48.8 Å². The Hall–Kier alpha value is -3.04. The maximum absolute atomic E-state index is 10.4. The number of nitrogens with two attached hydrogens (primary N) is 1. The first kappa shape index (κ1) is 28.5. The molecule has 0 aliphatic carbocycles. The van der Waals surface area contributed by atoms with Gasteiger partial charge in [-0.05, 0) is 81.2 Å². The molecule has 37 heavy (non-hydrogen) atoms. The number of H-pyrrole nitrogens is 1. The van der Waals surface area contributed by atoms with E-state index in [0.29, 0.717) is 24.0 Å². The maximum atomic E-state index is 10.4. The molecule has 3 aromatic rings. The van der Waals surface area contributed by atoms with Crippen LogP contribution >= 0.6 is 11.6 Å². The van der Waals surface area contributed by atoms with Gasteiger partial charge >= 0.3 is 5.97 Å². The molecule has 1 aliphatic heterocycles. The minimum Gasteiger partial charge on any atom is -0.489 e. The molecule has 0 saturated carbocycles. The zero-order valence-electron chi connectivity index (χ0n) is 21.4. The Bertz CT molecular complexity index is 1140. The second kappa shape index (κ2) is 14.0. The fraction of sp³-hybridized carbons (Fsp3) is 0.393. The van der Waals surface area contributed by atoms with Crippen molar-refractivity contribution >= 4 is 23.3 Å². The van der Waals surface area contributed by atoms with E-state index in [9.17, 15) is 9.90 Å². The fourth-order valence-corrected chi connectivity index (χ4v) is 4.51. The predicted molar refractivity (Wildman–Crippen MR) is 147 cm³/mol. The highest BCUT2D eigenvalue weighted by Crippen LogP contribution is 2.20. The minimum absolute atomic E-state index is 0.231. The number of hydrogen-bond acceptors (Lipinski definition) is 6. The van der Waals surface area contributed by atoms with E-state index in [4.69, 9.17) is 27.2 Å². The summed E-state index contributed by atoms with van der Waals surface area (Å²) in [4.78, 5) is 15.6. The van der Waals surface area contributed by atoms with Crippen molar-refractivity contribution in [2.75, 3.05) is 32.0 Å². The van der Waals surface area contributed by atoms with Crippen molar-refractivity contribution in [3.8, 4) is 5.75 Å². The molecule has 1 aliphatic rings. The molecule has 2 heterocycles. The number of rotatable bonds is 9. The summed E-state index contributed by atoms with van der Waals surface area (Å²) in [5, 5.41) is 22.9. The van der Waals surface area contributed by atoms with Gasteiger partial charge in [0.15, 0.2) is 0 Å². The zero-order chi connectivity index (χ0) is 26.8. The molecule has 6 N–H and O–H groups in total. The quantitative estimate of drug-likeness (QED) is 0.263. The van der Waals surface area contributed by atoms with Gasteiger partial charge in [0.05, 0.1) is 5.69 Å². The summed E-state index contributed by atoms with van der Waals surface area (Å²) in [6, 6.07) is 17.6. The molecule has 1 saturated heterocycles. The van der Waals surface area contributed by atoms with Crippen LogP contribution in [0.4, 0.5) is 5.69 Å². The molecule has 9 heteroatoms. The number of carbonyl (C=O) groups is 1. The predicted octanol–water partition coefficient (Wildman–Crippen LogP) is 4.25. The zero-order valence-corrected chi connectivity index (χ0v) is 22.2. The van der Waals surface area contributed by atoms with Crippen molar-refractivity contribution in [1.29, 1.82) is 0 Å². The Morgan fingerprint density at radius 2 is 1.92 bits per heavy atom. The standard InChI is InChI=1S/C21H28ClN3O2.C7H9NO2/c22-17-5-3-4-16(12-17)14-25-10-8-18(9-11-25)24-13-19(26)15-27-21-7-2-1-6-20(21)23;1-4-3-5(2)8-6(4)7(9)10/h1-7,12,18-19,24,26H,8-11,13-15,23H2;3,8H,1-2H3,(H,9,10). The smallest absolute Gasteiger partial charge is 0.352 e. The molecule has 1 fully saturated rings. The van der Waals surface area contributed by atoms with Crippen LogP contribution in [0.15, 0.2) is 54.6 Å². The van der Waals surface area contributed by atoms with Crippen LogP contribution in [0.5, 0.6) is 5.75 Å². The second-order valence-corrected chi connectivity index (χ2v) is 9.84. The van der Waals surface area contributed by atoms with Crippen molar-refractivity contribution in [2.24, 2.45) is 0 Å². The number of halogens is 1. The molecule has 1 unspecified atom stereocenters. The summed E-state index contributed by atoms with van der Waals surface area (Å²) in [6.45, 7) is 7.36. The second-order valence-electron chi connectivity index (χ2n) is 9.41. The minimum atomic E-state index is -0.898. The number of ether oxygens (including phenoxy) is 1. The lowest BCUT2D eigenvalue weighted by atomic mass is 10.0. The largest absolute Gasteiger partial charge is 0.489 e. The molecule has 0 radical (unpaired) electrons. The van der Waals surface area contributed by atoms with E-state index < -0.39 is 12.1 Å². The van der Waals surface area contributed by atoms with Crippen molar-refractivity contribution in [2.45, 2.75) is 45.4 Å². The molecule has 1 atom stereocenters. The number of anilines is 1. The summed E-state index contributed by atoms with van der Waals surface area (Å²) >= 11 is 6.06. The molecule has 1 aromatic heterocycles. The molecule has 0 amide bonds. The number of nitrogens with one attached hydrogen (secondary N) is 2. The van der Waals surface area contributed by atoms with Gasteiger partial charge < -0.3 is 31.0 Å². The fourth-order valence-electron chi connectivity index (χ4n) is 4.30. The molecule has 2 aromatic carbocycles. The number of aromatic nitrogens is 1. The molecule has 4 rings (SSSR count). The van der Waals surface area contributed by atoms with Crippen LogP contribution in [0.3, 0.4) is 0 Å². The summed E-state index contributed by atoms with van der Waals surface area (Å²) in [5.74, 6) is -0.281. The first-order valence-corrected chi connectivity index (χ1v) is 12.8. The number of piperidine rings is 1. The number of aromatic carboxylic acids is 1. The van der Waals surface area contributed by atoms with Crippen LogP contribution in [-0.4, -0.2) is 64.5 Å². The highest BCUT2D eigenvalue weighted by atomic mass is 35.5. The lowest BCUT2D eigenvalue weighted by Crippen LogP contribution is -2.45. The Kier molecular flexibility index (Phi) is 10.8. The lowest BCUT2D eigenvalue weighted by molar-refractivity contribution is 0.0690. The molecule has 8 nitrogen and oxygen atoms in total. The van der Waals surface area contributed by atoms with Gasteiger partial charge in [-0.2, -0.15) is 0 Å². The SMILES string of the molecule is Cc1cc(C)c(C(=O)O)[nH]1.Nc1ccccc1OCC(O)CNC1CCN(Cc2cccc(Cl)c2)CC1. The van der Waals surface area contributed by atoms with E-state index >= 15 is 0 Å². The average Bonchev–Trinajstić information content (AvgIpc) is 3.21. The van der Waals surface area contributed by atoms with Gasteiger partial charge in [0.2, 0.25) is 0 Å². The summed E-state index contributed by atoms with van der Waals surface area (Å²) in [7, 11) is 0. The number of carboxylic acids is 1. The van der Waals surface area contributed by atoms with Crippen LogP contribution in [0.25, 0.3) is 0 Å². The number of aliphatic hydroxyl groups excluding tert-OH is 1. The lowest BCUT2D eigenvalue weighted by Gasteiger charge is -2.33. The van der Waals surface area contributed by atoms with Crippen LogP contribution < -0.4 is 15.8 Å². The number of aromatic amines is 1. The van der Waals surface area contributed by atoms with Gasteiger partial charge in [-0.25, -0.2) is 4.79 Å². The topological polar surface area (TPSA) is 124 Å². The Balaban J connectivity index is 0.000000319. The third kappa shape index (κ3) is 9.40. The monoisotopic (exact) mass is 528 g/mol. The Morgan fingerprint density at radius 3 is 2.51 bits per heavy atom. The number of para-hydroxylation sites is 2. The maximum Gasteiger partial charge on any atom is 0.352 e. The summed E-state index contributed by atoms with van der Waals surface area (Å²) < 4.78 is 5.60. The highest BCUT2D eigenvalue weighted by molar-refractivity contribution is 6.30. The van der Waals surface area contributed by atoms with Crippen LogP contribution in [0.2, 0.25) is 5.02 Å². The number of carboxylic acid groups (broad SMARTS) is 1. The van der Waals surface area contributed by atoms with Crippen LogP contribution in [0.1, 0.15) is 40.2 Å². The first-order valence-electron chi connectivity index (χ1n) is 12.5. The van der Waals surface area contributed by atoms with E-state index in [-0.39, 0.29) is 12.3 Å². The number of benzene rings is 2. The van der Waals surface area contributed by atoms with Gasteiger partial charge in [-0.15, -0.1) is 0 Å². The third-order valence-corrected chi connectivity index (χ3v) is 6.47. The van der Waals surface area contributed by atoms with Crippen molar-refractivity contribution in [3.63, 3.8) is 0 Å². The van der Waals surface area contributed by atoms with Crippen LogP contribution in [-0.2, 0) is 6.54 Å². The summed E-state index contributed by atoms with van der Waals surface area (Å²) in [5.41, 5.74) is 9.64. The van der Waals surface area contributed by atoms with E-state index in [1.54, 1.807) is 13.0 Å². The van der Waals surface area contributed by atoms with E-state index in [2.05, 4.69) is 21.3 Å². The van der Waals surface area contributed by atoms with Gasteiger partial charge in [-0.3, -0.25) is 4.90 Å². The van der Waals surface area contributed by atoms with Crippen molar-refractivity contribution in [3.05, 3.63) is 82.1 Å². The Labute approximate surface area is 223 Å². The van der Waals surface area contributed by atoms with Gasteiger partial charge in [0.25, 0.3) is 0 Å². The molecular formula is C28H37ClN4O4. The molecule has 0 bridgehead atoms. The number of nitrogens with zero attached hydrogens (tertiary/aromatic N) is 1. The summed E-state index contributed by atoms with van der Waals surface area (Å²) in [6.07, 6.45) is 1.58. The molecule has 0 spiro atoms. The third-order valence-electron chi connectivity index (χ3n) is 6.24. The number of hydrogen-bond donors (Lipinski definition) is 5. The van der Waals surface area contributed by atoms with E-state index in [1.165, 1.54) is 5.56 Å². The first-order chi connectivity index (χ1) is 17.7. The van der Waals surface area contributed by atoms with Gasteiger partial charge in [0.1, 0.15) is 24.2 Å². The number of nitrogen functional groups attached to an aromatic ring is 1.